The van der Waals surface area contributed by atoms with E-state index in [0.717, 1.165) is 37.7 Å². The van der Waals surface area contributed by atoms with Crippen molar-refractivity contribution in [2.75, 3.05) is 6.61 Å². The Morgan fingerprint density at radius 2 is 1.56 bits per heavy atom. The topological polar surface area (TPSA) is 127 Å². The second-order valence-corrected chi connectivity index (χ2v) is 16.9. The molecule has 5 aliphatic rings. The zero-order valence-corrected chi connectivity index (χ0v) is 26.8. The SMILES string of the molecule is CC(C)C(=O)O[C@H]1[C@H](O)C(C)(C)C[C@@H]2C3=CC[C@@H]4[C@@]5(C)CC[C@H](O)C(C)(C)C5CC[C@@]4(C)[C@]3(C)[C@@H](O)[C@@H](O)[C@]21CO. The predicted octanol–water partition coefficient (Wildman–Crippen LogP) is 4.23. The van der Waals surface area contributed by atoms with Crippen molar-refractivity contribution in [2.45, 2.75) is 131 Å². The molecule has 5 rings (SSSR count). The Bertz CT molecular complexity index is 1100. The van der Waals surface area contributed by atoms with Crippen LogP contribution in [0.3, 0.4) is 0 Å². The van der Waals surface area contributed by atoms with Gasteiger partial charge < -0.3 is 30.3 Å². The van der Waals surface area contributed by atoms with Crippen molar-refractivity contribution in [1.29, 1.82) is 0 Å². The van der Waals surface area contributed by atoms with Crippen molar-refractivity contribution in [3.63, 3.8) is 0 Å². The van der Waals surface area contributed by atoms with Crippen molar-refractivity contribution in [2.24, 2.45) is 56.2 Å². The number of aliphatic hydroxyl groups is 5. The number of carbonyl (C=O) groups excluding carboxylic acids is 1. The van der Waals surface area contributed by atoms with E-state index in [4.69, 9.17) is 4.74 Å². The highest BCUT2D eigenvalue weighted by molar-refractivity contribution is 5.72. The summed E-state index contributed by atoms with van der Waals surface area (Å²) in [4.78, 5) is 12.9. The van der Waals surface area contributed by atoms with Gasteiger partial charge in [0.15, 0.2) is 0 Å². The smallest absolute Gasteiger partial charge is 0.308 e. The summed E-state index contributed by atoms with van der Waals surface area (Å²) in [5, 5.41) is 58.1. The molecule has 4 saturated carbocycles. The first kappa shape index (κ1) is 31.4. The maximum absolute atomic E-state index is 12.9. The predicted molar refractivity (Wildman–Crippen MR) is 156 cm³/mol. The van der Waals surface area contributed by atoms with Gasteiger partial charge in [-0.1, -0.05) is 74.0 Å². The summed E-state index contributed by atoms with van der Waals surface area (Å²) in [6, 6.07) is 0. The van der Waals surface area contributed by atoms with E-state index in [2.05, 4.69) is 40.7 Å². The molecule has 1 unspecified atom stereocenters. The molecule has 234 valence electrons. The van der Waals surface area contributed by atoms with Crippen molar-refractivity contribution >= 4 is 5.97 Å². The molecule has 7 nitrogen and oxygen atoms in total. The van der Waals surface area contributed by atoms with Crippen LogP contribution in [0, 0.1) is 56.2 Å². The van der Waals surface area contributed by atoms with Crippen LogP contribution in [0.4, 0.5) is 0 Å². The highest BCUT2D eigenvalue weighted by Crippen LogP contribution is 2.75. The van der Waals surface area contributed by atoms with Gasteiger partial charge >= 0.3 is 5.97 Å². The van der Waals surface area contributed by atoms with Crippen LogP contribution < -0.4 is 0 Å². The van der Waals surface area contributed by atoms with Crippen LogP contribution >= 0.6 is 0 Å². The fourth-order valence-electron chi connectivity index (χ4n) is 11.3. The summed E-state index contributed by atoms with van der Waals surface area (Å²) in [6.45, 7) is 18.1. The first-order valence-electron chi connectivity index (χ1n) is 16.0. The van der Waals surface area contributed by atoms with Crippen LogP contribution in [0.1, 0.15) is 101 Å². The molecule has 0 amide bonds. The average molecular weight is 577 g/mol. The summed E-state index contributed by atoms with van der Waals surface area (Å²) in [5.74, 6) is -0.727. The first-order chi connectivity index (χ1) is 18.8. The zero-order valence-electron chi connectivity index (χ0n) is 26.8. The van der Waals surface area contributed by atoms with E-state index < -0.39 is 59.2 Å². The minimum atomic E-state index is -1.43. The standard InChI is InChI=1S/C34H56O7/c1-18(2)28(40)41-27-26(39)29(3,4)16-20-19-10-11-22-31(7)14-13-23(36)30(5,6)21(31)12-15-32(22,8)33(19,9)24(37)25(38)34(20,27)17-35/h10,18,20-27,35-39H,11-17H2,1-9H3/t20-,21?,22-,23+,24+,25-,26+,27+,31+,32-,33+,34+/m1/s1. The number of esters is 1. The Balaban J connectivity index is 1.67. The highest BCUT2D eigenvalue weighted by Gasteiger charge is 2.75. The number of carbonyl (C=O) groups is 1. The summed E-state index contributed by atoms with van der Waals surface area (Å²) in [7, 11) is 0. The molecule has 0 aliphatic heterocycles. The van der Waals surface area contributed by atoms with Gasteiger partial charge in [0, 0.05) is 5.41 Å². The lowest BCUT2D eigenvalue weighted by molar-refractivity contribution is -0.291. The van der Waals surface area contributed by atoms with Gasteiger partial charge in [-0.3, -0.25) is 4.79 Å². The molecule has 0 bridgehead atoms. The summed E-state index contributed by atoms with van der Waals surface area (Å²) >= 11 is 0. The lowest BCUT2D eigenvalue weighted by atomic mass is 9.32. The highest BCUT2D eigenvalue weighted by atomic mass is 16.6. The Hall–Kier alpha value is -0.990. The molecule has 5 N–H and O–H groups in total. The quantitative estimate of drug-likeness (QED) is 0.251. The number of allylic oxidation sites excluding steroid dienone is 1. The van der Waals surface area contributed by atoms with Gasteiger partial charge in [-0.05, 0) is 77.9 Å². The molecule has 0 aromatic carbocycles. The molecule has 0 aromatic heterocycles. The van der Waals surface area contributed by atoms with Crippen LogP contribution in [-0.2, 0) is 9.53 Å². The largest absolute Gasteiger partial charge is 0.459 e. The zero-order chi connectivity index (χ0) is 30.7. The van der Waals surface area contributed by atoms with Gasteiger partial charge in [-0.25, -0.2) is 0 Å². The number of rotatable bonds is 3. The number of fused-ring (bicyclic) bond motifs is 7. The monoisotopic (exact) mass is 576 g/mol. The molecular formula is C34H56O7. The van der Waals surface area contributed by atoms with E-state index in [0.29, 0.717) is 12.3 Å². The number of hydrogen-bond donors (Lipinski definition) is 5. The molecule has 41 heavy (non-hydrogen) atoms. The molecular weight excluding hydrogens is 520 g/mol. The van der Waals surface area contributed by atoms with E-state index >= 15 is 0 Å². The maximum atomic E-state index is 12.9. The summed E-state index contributed by atoms with van der Waals surface area (Å²) < 4.78 is 5.98. The van der Waals surface area contributed by atoms with Gasteiger partial charge in [0.2, 0.25) is 0 Å². The third kappa shape index (κ3) is 3.77. The van der Waals surface area contributed by atoms with Crippen molar-refractivity contribution in [3.05, 3.63) is 11.6 Å². The van der Waals surface area contributed by atoms with Gasteiger partial charge in [-0.15, -0.1) is 0 Å². The molecule has 0 spiro atoms. The fourth-order valence-corrected chi connectivity index (χ4v) is 11.3. The molecule has 5 aliphatic carbocycles. The third-order valence-electron chi connectivity index (χ3n) is 14.2. The van der Waals surface area contributed by atoms with E-state index in [1.165, 1.54) is 0 Å². The lowest BCUT2D eigenvalue weighted by Gasteiger charge is -2.73. The summed E-state index contributed by atoms with van der Waals surface area (Å²) in [5.41, 5.74) is -2.40. The maximum Gasteiger partial charge on any atom is 0.308 e. The Kier molecular flexibility index (Phi) is 7.29. The van der Waals surface area contributed by atoms with Crippen LogP contribution in [0.15, 0.2) is 11.6 Å². The molecule has 12 atom stereocenters. The minimum absolute atomic E-state index is 0.0334. The van der Waals surface area contributed by atoms with E-state index in [1.807, 2.05) is 13.8 Å². The van der Waals surface area contributed by atoms with Gasteiger partial charge in [0.05, 0.1) is 42.4 Å². The van der Waals surface area contributed by atoms with Gasteiger partial charge in [0.1, 0.15) is 6.10 Å². The second kappa shape index (κ2) is 9.50. The lowest BCUT2D eigenvalue weighted by Crippen LogP contribution is -2.76. The Labute approximate surface area is 246 Å². The minimum Gasteiger partial charge on any atom is -0.459 e. The first-order valence-corrected chi connectivity index (χ1v) is 16.0. The van der Waals surface area contributed by atoms with Gasteiger partial charge in [-0.2, -0.15) is 0 Å². The van der Waals surface area contributed by atoms with E-state index in [9.17, 15) is 30.3 Å². The molecule has 0 heterocycles. The second-order valence-electron chi connectivity index (χ2n) is 16.9. The number of ether oxygens (including phenoxy) is 1. The fraction of sp³-hybridized carbons (Fsp3) is 0.912. The molecule has 0 aromatic rings. The molecule has 0 saturated heterocycles. The molecule has 4 fully saturated rings. The van der Waals surface area contributed by atoms with Crippen LogP contribution in [-0.4, -0.2) is 68.6 Å². The average Bonchev–Trinajstić information content (AvgIpc) is 2.88. The van der Waals surface area contributed by atoms with Crippen LogP contribution in [0.5, 0.6) is 0 Å². The van der Waals surface area contributed by atoms with Crippen LogP contribution in [0.25, 0.3) is 0 Å². The number of hydrogen-bond acceptors (Lipinski definition) is 7. The summed E-state index contributed by atoms with van der Waals surface area (Å²) in [6.07, 6.45) is 1.85. The van der Waals surface area contributed by atoms with E-state index in [-0.39, 0.29) is 34.2 Å². The molecule has 0 radical (unpaired) electrons. The number of aliphatic hydroxyl groups excluding tert-OH is 5. The Morgan fingerprint density at radius 1 is 0.927 bits per heavy atom. The molecule has 7 heteroatoms. The Morgan fingerprint density at radius 3 is 2.15 bits per heavy atom. The third-order valence-corrected chi connectivity index (χ3v) is 14.2. The van der Waals surface area contributed by atoms with Crippen molar-refractivity contribution in [3.8, 4) is 0 Å². The normalized spacial score (nSPS) is 51.9. The van der Waals surface area contributed by atoms with Crippen LogP contribution in [0.2, 0.25) is 0 Å². The van der Waals surface area contributed by atoms with Crippen molar-refractivity contribution in [1.82, 2.24) is 0 Å². The van der Waals surface area contributed by atoms with Gasteiger partial charge in [0.25, 0.3) is 0 Å². The van der Waals surface area contributed by atoms with E-state index in [1.54, 1.807) is 13.8 Å². The van der Waals surface area contributed by atoms with Crippen molar-refractivity contribution < 1.29 is 35.1 Å².